The number of benzene rings is 2. The Hall–Kier alpha value is -2.65. The van der Waals surface area contributed by atoms with Crippen LogP contribution in [0.15, 0.2) is 59.6 Å². The van der Waals surface area contributed by atoms with Crippen LogP contribution in [0.1, 0.15) is 11.1 Å². The number of alkyl halides is 3. The first-order chi connectivity index (χ1) is 12.6. The van der Waals surface area contributed by atoms with E-state index in [1.54, 1.807) is 6.07 Å². The molecule has 0 amide bonds. The Labute approximate surface area is 153 Å². The largest absolute Gasteiger partial charge is 0.506 e. The number of aromatic hydroxyl groups is 1. The summed E-state index contributed by atoms with van der Waals surface area (Å²) in [5.41, 5.74) is -0.232. The second-order valence-corrected chi connectivity index (χ2v) is 7.95. The van der Waals surface area contributed by atoms with Gasteiger partial charge >= 0.3 is 6.18 Å². The first-order valence-electron chi connectivity index (χ1n) is 7.80. The second-order valence-electron chi connectivity index (χ2n) is 5.94. The molecule has 27 heavy (non-hydrogen) atoms. The SMILES string of the molecule is CN(Cc1ccc(C(F)(F)F)cc1)S(=O)(=O)c1ccc(O)c2ncccc12. The summed E-state index contributed by atoms with van der Waals surface area (Å²) in [5, 5.41) is 10.1. The number of fused-ring (bicyclic) bond motifs is 1. The van der Waals surface area contributed by atoms with Crippen molar-refractivity contribution in [2.24, 2.45) is 0 Å². The van der Waals surface area contributed by atoms with Gasteiger partial charge in [-0.05, 0) is 42.0 Å². The number of aromatic nitrogens is 1. The minimum absolute atomic E-state index is 0.0437. The monoisotopic (exact) mass is 396 g/mol. The van der Waals surface area contributed by atoms with E-state index in [0.29, 0.717) is 5.56 Å². The molecule has 0 aliphatic heterocycles. The highest BCUT2D eigenvalue weighted by Gasteiger charge is 2.30. The molecular formula is C18H15F3N2O3S. The fourth-order valence-electron chi connectivity index (χ4n) is 2.67. The molecule has 142 valence electrons. The molecule has 0 spiro atoms. The minimum Gasteiger partial charge on any atom is -0.506 e. The summed E-state index contributed by atoms with van der Waals surface area (Å²) < 4.78 is 64.8. The van der Waals surface area contributed by atoms with Gasteiger partial charge in [-0.2, -0.15) is 17.5 Å². The molecule has 1 aromatic heterocycles. The van der Waals surface area contributed by atoms with Gasteiger partial charge in [0.25, 0.3) is 0 Å². The standard InChI is InChI=1S/C18H15F3N2O3S/c1-23(11-12-4-6-13(7-5-12)18(19,20)21)27(25,26)16-9-8-15(24)17-14(16)3-2-10-22-17/h2-10,24H,11H2,1H3. The van der Waals surface area contributed by atoms with Crippen molar-refractivity contribution in [1.82, 2.24) is 9.29 Å². The number of hydrogen-bond donors (Lipinski definition) is 1. The van der Waals surface area contributed by atoms with E-state index in [4.69, 9.17) is 0 Å². The van der Waals surface area contributed by atoms with Crippen LogP contribution in [-0.2, 0) is 22.7 Å². The lowest BCUT2D eigenvalue weighted by Crippen LogP contribution is -2.26. The van der Waals surface area contributed by atoms with E-state index >= 15 is 0 Å². The van der Waals surface area contributed by atoms with Gasteiger partial charge in [-0.15, -0.1) is 0 Å². The van der Waals surface area contributed by atoms with Gasteiger partial charge in [-0.3, -0.25) is 4.98 Å². The van der Waals surface area contributed by atoms with Crippen molar-refractivity contribution in [3.05, 3.63) is 65.9 Å². The molecule has 2 aromatic carbocycles. The molecule has 1 heterocycles. The van der Waals surface area contributed by atoms with Crippen molar-refractivity contribution < 1.29 is 26.7 Å². The molecule has 0 aliphatic carbocycles. The molecule has 5 nitrogen and oxygen atoms in total. The number of nitrogens with zero attached hydrogens (tertiary/aromatic N) is 2. The van der Waals surface area contributed by atoms with E-state index < -0.39 is 21.8 Å². The topological polar surface area (TPSA) is 70.5 Å². The van der Waals surface area contributed by atoms with E-state index in [2.05, 4.69) is 4.98 Å². The average Bonchev–Trinajstić information content (AvgIpc) is 2.61. The zero-order chi connectivity index (χ0) is 19.8. The Morgan fingerprint density at radius 2 is 1.74 bits per heavy atom. The minimum atomic E-state index is -4.45. The van der Waals surface area contributed by atoms with Gasteiger partial charge in [0.1, 0.15) is 11.3 Å². The van der Waals surface area contributed by atoms with Crippen molar-refractivity contribution in [2.45, 2.75) is 17.6 Å². The Kier molecular flexibility index (Phi) is 4.83. The molecule has 0 saturated heterocycles. The normalized spacial score (nSPS) is 12.6. The van der Waals surface area contributed by atoms with Crippen LogP contribution in [0, 0.1) is 0 Å². The molecule has 0 atom stereocenters. The molecule has 0 bridgehead atoms. The summed E-state index contributed by atoms with van der Waals surface area (Å²) in [7, 11) is -2.62. The third-order valence-corrected chi connectivity index (χ3v) is 5.94. The lowest BCUT2D eigenvalue weighted by atomic mass is 10.1. The van der Waals surface area contributed by atoms with Gasteiger partial charge in [0, 0.05) is 25.2 Å². The lowest BCUT2D eigenvalue weighted by molar-refractivity contribution is -0.137. The van der Waals surface area contributed by atoms with Crippen LogP contribution in [0.4, 0.5) is 13.2 Å². The van der Waals surface area contributed by atoms with Crippen LogP contribution in [-0.4, -0.2) is 29.9 Å². The van der Waals surface area contributed by atoms with Crippen LogP contribution in [0.2, 0.25) is 0 Å². The van der Waals surface area contributed by atoms with Crippen LogP contribution in [0.3, 0.4) is 0 Å². The van der Waals surface area contributed by atoms with Gasteiger partial charge in [0.2, 0.25) is 10.0 Å². The predicted octanol–water partition coefficient (Wildman–Crippen LogP) is 3.78. The van der Waals surface area contributed by atoms with E-state index in [1.165, 1.54) is 43.6 Å². The molecule has 9 heteroatoms. The summed E-state index contributed by atoms with van der Waals surface area (Å²) >= 11 is 0. The quantitative estimate of drug-likeness (QED) is 0.729. The predicted molar refractivity (Wildman–Crippen MR) is 93.5 cm³/mol. The van der Waals surface area contributed by atoms with Crippen molar-refractivity contribution >= 4 is 20.9 Å². The second kappa shape index (κ2) is 6.82. The molecule has 0 unspecified atom stereocenters. The Bertz CT molecular complexity index is 1080. The fourth-order valence-corrected chi connectivity index (χ4v) is 4.00. The number of phenolic OH excluding ortho intramolecular Hbond substituents is 1. The summed E-state index contributed by atoms with van der Waals surface area (Å²) in [6.45, 7) is -0.108. The third kappa shape index (κ3) is 3.74. The van der Waals surface area contributed by atoms with Crippen LogP contribution < -0.4 is 0 Å². The maximum atomic E-state index is 12.9. The highest BCUT2D eigenvalue weighted by molar-refractivity contribution is 7.89. The van der Waals surface area contributed by atoms with Gasteiger partial charge in [-0.25, -0.2) is 8.42 Å². The molecule has 0 aliphatic rings. The van der Waals surface area contributed by atoms with Crippen molar-refractivity contribution in [2.75, 3.05) is 7.05 Å². The van der Waals surface area contributed by atoms with E-state index in [-0.39, 0.29) is 28.1 Å². The molecule has 0 radical (unpaired) electrons. The van der Waals surface area contributed by atoms with E-state index in [1.807, 2.05) is 0 Å². The Morgan fingerprint density at radius 3 is 2.37 bits per heavy atom. The lowest BCUT2D eigenvalue weighted by Gasteiger charge is -2.19. The Morgan fingerprint density at radius 1 is 1.07 bits per heavy atom. The van der Waals surface area contributed by atoms with Crippen LogP contribution in [0.25, 0.3) is 10.9 Å². The fraction of sp³-hybridized carbons (Fsp3) is 0.167. The van der Waals surface area contributed by atoms with Gasteiger partial charge in [0.15, 0.2) is 0 Å². The number of phenols is 1. The highest BCUT2D eigenvalue weighted by Crippen LogP contribution is 2.31. The number of hydrogen-bond acceptors (Lipinski definition) is 4. The summed E-state index contributed by atoms with van der Waals surface area (Å²) in [6.07, 6.45) is -3.02. The van der Waals surface area contributed by atoms with Gasteiger partial charge < -0.3 is 5.11 Å². The number of halogens is 3. The maximum absolute atomic E-state index is 12.9. The van der Waals surface area contributed by atoms with Crippen LogP contribution >= 0.6 is 0 Å². The highest BCUT2D eigenvalue weighted by atomic mass is 32.2. The first kappa shape index (κ1) is 19.1. The third-order valence-electron chi connectivity index (χ3n) is 4.08. The zero-order valence-electron chi connectivity index (χ0n) is 14.1. The molecular weight excluding hydrogens is 381 g/mol. The van der Waals surface area contributed by atoms with Crippen LogP contribution in [0.5, 0.6) is 5.75 Å². The smallest absolute Gasteiger partial charge is 0.416 e. The van der Waals surface area contributed by atoms with Crippen molar-refractivity contribution in [3.8, 4) is 5.75 Å². The molecule has 3 rings (SSSR count). The summed E-state index contributed by atoms with van der Waals surface area (Å²) in [5.74, 6) is -0.144. The zero-order valence-corrected chi connectivity index (χ0v) is 14.9. The Balaban J connectivity index is 1.93. The van der Waals surface area contributed by atoms with Crippen molar-refractivity contribution in [3.63, 3.8) is 0 Å². The number of pyridine rings is 1. The van der Waals surface area contributed by atoms with Gasteiger partial charge in [-0.1, -0.05) is 12.1 Å². The molecule has 0 saturated carbocycles. The molecule has 0 fully saturated rings. The van der Waals surface area contributed by atoms with Gasteiger partial charge in [0.05, 0.1) is 10.5 Å². The molecule has 3 aromatic rings. The number of rotatable bonds is 4. The summed E-state index contributed by atoms with van der Waals surface area (Å²) in [4.78, 5) is 3.95. The van der Waals surface area contributed by atoms with E-state index in [0.717, 1.165) is 16.4 Å². The van der Waals surface area contributed by atoms with Crippen molar-refractivity contribution in [1.29, 1.82) is 0 Å². The molecule has 1 N–H and O–H groups in total. The average molecular weight is 396 g/mol. The maximum Gasteiger partial charge on any atom is 0.416 e. The van der Waals surface area contributed by atoms with E-state index in [9.17, 15) is 26.7 Å². The summed E-state index contributed by atoms with van der Waals surface area (Å²) in [6, 6.07) is 9.91. The first-order valence-corrected chi connectivity index (χ1v) is 9.24. The number of sulfonamides is 1.